The molecule has 1 heterocycles. The molecule has 0 aromatic rings. The van der Waals surface area contributed by atoms with Gasteiger partial charge in [-0.05, 0) is 19.3 Å². The zero-order valence-corrected chi connectivity index (χ0v) is 9.33. The second-order valence-corrected chi connectivity index (χ2v) is 3.95. The lowest BCUT2D eigenvalue weighted by molar-refractivity contribution is -0.0692. The molecule has 0 bridgehead atoms. The maximum atomic E-state index is 5.81. The maximum absolute atomic E-state index is 5.81. The molecule has 0 saturated carbocycles. The Balaban J connectivity index is 1.99. The molecule has 0 spiro atoms. The summed E-state index contributed by atoms with van der Waals surface area (Å²) < 4.78 is 16.1. The minimum Gasteiger partial charge on any atom is -0.385 e. The molecule has 1 saturated heterocycles. The molecule has 3 nitrogen and oxygen atoms in total. The molecule has 14 heavy (non-hydrogen) atoms. The molecule has 3 heteroatoms. The van der Waals surface area contributed by atoms with Crippen LogP contribution in [0.1, 0.15) is 26.2 Å². The summed E-state index contributed by atoms with van der Waals surface area (Å²) >= 11 is 0. The molecule has 2 atom stereocenters. The van der Waals surface area contributed by atoms with Gasteiger partial charge in [-0.3, -0.25) is 0 Å². The van der Waals surface area contributed by atoms with E-state index in [0.717, 1.165) is 45.7 Å². The van der Waals surface area contributed by atoms with E-state index in [9.17, 15) is 0 Å². The topological polar surface area (TPSA) is 27.7 Å². The maximum Gasteiger partial charge on any atom is 0.0644 e. The predicted octanol–water partition coefficient (Wildman–Crippen LogP) is 1.85. The van der Waals surface area contributed by atoms with Gasteiger partial charge in [0.2, 0.25) is 0 Å². The summed E-state index contributed by atoms with van der Waals surface area (Å²) in [6, 6.07) is 0. The molecule has 1 aliphatic heterocycles. The number of rotatable bonds is 6. The fraction of sp³-hybridized carbons (Fsp3) is 1.00. The van der Waals surface area contributed by atoms with E-state index in [1.165, 1.54) is 0 Å². The van der Waals surface area contributed by atoms with Crippen LogP contribution < -0.4 is 0 Å². The van der Waals surface area contributed by atoms with E-state index in [2.05, 4.69) is 6.92 Å². The van der Waals surface area contributed by atoms with Gasteiger partial charge >= 0.3 is 0 Å². The fourth-order valence-electron chi connectivity index (χ4n) is 1.69. The van der Waals surface area contributed by atoms with Crippen molar-refractivity contribution in [2.45, 2.75) is 32.3 Å². The van der Waals surface area contributed by atoms with Crippen LogP contribution in [0.4, 0.5) is 0 Å². The zero-order valence-electron chi connectivity index (χ0n) is 9.33. The van der Waals surface area contributed by atoms with Gasteiger partial charge < -0.3 is 14.2 Å². The van der Waals surface area contributed by atoms with Gasteiger partial charge in [0.25, 0.3) is 0 Å². The lowest BCUT2D eigenvalue weighted by atomic mass is 10.0. The Morgan fingerprint density at radius 3 is 2.79 bits per heavy atom. The molecular weight excluding hydrogens is 180 g/mol. The largest absolute Gasteiger partial charge is 0.385 e. The molecule has 1 fully saturated rings. The van der Waals surface area contributed by atoms with Crippen molar-refractivity contribution in [2.24, 2.45) is 5.92 Å². The highest BCUT2D eigenvalue weighted by Crippen LogP contribution is 2.17. The highest BCUT2D eigenvalue weighted by molar-refractivity contribution is 4.70. The molecule has 1 aliphatic rings. The summed E-state index contributed by atoms with van der Waals surface area (Å²) in [6.07, 6.45) is 3.64. The van der Waals surface area contributed by atoms with Crippen LogP contribution in [0.25, 0.3) is 0 Å². The third-order valence-corrected chi connectivity index (χ3v) is 2.64. The Labute approximate surface area is 86.7 Å². The molecular formula is C11H22O3. The van der Waals surface area contributed by atoms with Crippen molar-refractivity contribution in [3.05, 3.63) is 0 Å². The van der Waals surface area contributed by atoms with E-state index < -0.39 is 0 Å². The van der Waals surface area contributed by atoms with Crippen LogP contribution in [0.3, 0.4) is 0 Å². The summed E-state index contributed by atoms with van der Waals surface area (Å²) in [4.78, 5) is 0. The van der Waals surface area contributed by atoms with Gasteiger partial charge in [-0.25, -0.2) is 0 Å². The Bertz CT molecular complexity index is 138. The van der Waals surface area contributed by atoms with Gasteiger partial charge in [-0.2, -0.15) is 0 Å². The Morgan fingerprint density at radius 2 is 2.07 bits per heavy atom. The Kier molecular flexibility index (Phi) is 6.15. The van der Waals surface area contributed by atoms with Crippen molar-refractivity contribution in [2.75, 3.05) is 33.5 Å². The number of hydrogen-bond acceptors (Lipinski definition) is 3. The minimum atomic E-state index is 0.409. The number of hydrogen-bond donors (Lipinski definition) is 0. The van der Waals surface area contributed by atoms with Crippen LogP contribution in [-0.4, -0.2) is 39.6 Å². The van der Waals surface area contributed by atoms with E-state index in [1.54, 1.807) is 7.11 Å². The summed E-state index contributed by atoms with van der Waals surface area (Å²) in [5, 5.41) is 0. The first kappa shape index (κ1) is 12.0. The smallest absolute Gasteiger partial charge is 0.0644 e. The van der Waals surface area contributed by atoms with Crippen molar-refractivity contribution in [3.63, 3.8) is 0 Å². The van der Waals surface area contributed by atoms with Crippen LogP contribution in [0.5, 0.6) is 0 Å². The van der Waals surface area contributed by atoms with E-state index in [4.69, 9.17) is 14.2 Å². The highest BCUT2D eigenvalue weighted by Gasteiger charge is 2.21. The summed E-state index contributed by atoms with van der Waals surface area (Å²) in [5.74, 6) is 0.547. The first-order valence-electron chi connectivity index (χ1n) is 5.53. The second kappa shape index (κ2) is 7.21. The zero-order chi connectivity index (χ0) is 10.2. The van der Waals surface area contributed by atoms with Gasteiger partial charge in [0.15, 0.2) is 0 Å². The second-order valence-electron chi connectivity index (χ2n) is 3.95. The Hall–Kier alpha value is -0.120. The summed E-state index contributed by atoms with van der Waals surface area (Å²) in [7, 11) is 1.74. The standard InChI is InChI=1S/C11H22O3/c1-10-9-13-8-5-11(10)14-7-4-3-6-12-2/h10-11H,3-9H2,1-2H3. The lowest BCUT2D eigenvalue weighted by Gasteiger charge is -2.28. The van der Waals surface area contributed by atoms with Crippen molar-refractivity contribution in [1.82, 2.24) is 0 Å². The highest BCUT2D eigenvalue weighted by atomic mass is 16.5. The average Bonchev–Trinajstić information content (AvgIpc) is 2.20. The minimum absolute atomic E-state index is 0.409. The van der Waals surface area contributed by atoms with Gasteiger partial charge in [0, 0.05) is 32.8 Å². The van der Waals surface area contributed by atoms with Crippen molar-refractivity contribution >= 4 is 0 Å². The molecule has 0 amide bonds. The van der Waals surface area contributed by atoms with Crippen LogP contribution in [0.2, 0.25) is 0 Å². The number of unbranched alkanes of at least 4 members (excludes halogenated alkanes) is 1. The third-order valence-electron chi connectivity index (χ3n) is 2.64. The fourth-order valence-corrected chi connectivity index (χ4v) is 1.69. The molecule has 0 aliphatic carbocycles. The molecule has 1 rings (SSSR count). The number of methoxy groups -OCH3 is 1. The molecule has 0 radical (unpaired) electrons. The van der Waals surface area contributed by atoms with Gasteiger partial charge in [0.1, 0.15) is 0 Å². The van der Waals surface area contributed by atoms with E-state index in [0.29, 0.717) is 12.0 Å². The lowest BCUT2D eigenvalue weighted by Crippen LogP contribution is -2.32. The van der Waals surface area contributed by atoms with Gasteiger partial charge in [0.05, 0.1) is 12.7 Å². The number of ether oxygens (including phenoxy) is 3. The monoisotopic (exact) mass is 202 g/mol. The molecule has 2 unspecified atom stereocenters. The predicted molar refractivity (Wildman–Crippen MR) is 55.5 cm³/mol. The molecule has 84 valence electrons. The van der Waals surface area contributed by atoms with Gasteiger partial charge in [-0.15, -0.1) is 0 Å². The third kappa shape index (κ3) is 4.40. The van der Waals surface area contributed by atoms with Crippen LogP contribution in [-0.2, 0) is 14.2 Å². The first-order chi connectivity index (χ1) is 6.84. The van der Waals surface area contributed by atoms with Crippen LogP contribution >= 0.6 is 0 Å². The quantitative estimate of drug-likeness (QED) is 0.615. The van der Waals surface area contributed by atoms with Crippen molar-refractivity contribution in [1.29, 1.82) is 0 Å². The van der Waals surface area contributed by atoms with E-state index in [1.807, 2.05) is 0 Å². The van der Waals surface area contributed by atoms with Crippen molar-refractivity contribution in [3.8, 4) is 0 Å². The van der Waals surface area contributed by atoms with E-state index in [-0.39, 0.29) is 0 Å². The summed E-state index contributed by atoms with van der Waals surface area (Å²) in [5.41, 5.74) is 0. The normalized spacial score (nSPS) is 27.9. The average molecular weight is 202 g/mol. The molecule has 0 N–H and O–H groups in total. The summed E-state index contributed by atoms with van der Waals surface area (Å²) in [6.45, 7) is 5.60. The molecule has 0 aromatic carbocycles. The van der Waals surface area contributed by atoms with Crippen LogP contribution in [0.15, 0.2) is 0 Å². The molecule has 0 aromatic heterocycles. The first-order valence-corrected chi connectivity index (χ1v) is 5.53. The van der Waals surface area contributed by atoms with E-state index >= 15 is 0 Å². The SMILES string of the molecule is COCCCCOC1CCOCC1C. The Morgan fingerprint density at radius 1 is 1.29 bits per heavy atom. The van der Waals surface area contributed by atoms with Crippen LogP contribution in [0, 0.1) is 5.92 Å². The van der Waals surface area contributed by atoms with Crippen molar-refractivity contribution < 1.29 is 14.2 Å². The van der Waals surface area contributed by atoms with Gasteiger partial charge in [-0.1, -0.05) is 6.92 Å².